The number of H-pyrrole nitrogens is 1. The molecule has 4 aromatic carbocycles. The summed E-state index contributed by atoms with van der Waals surface area (Å²) in [5, 5.41) is 29.0. The standard InChI is InChI=1S/C35H39N3O7/c1-3-5-6-7-18-38(45-32-31(41)27(20-39)44-34(32)37-19-17-28(40)36-35(37)43)33(42)24(4-2)25-15-13-23-12-11-21-9-8-10-22-14-16-26(25)30(23)29(21)22/h8-17,19,24,27,31-32,34,39,41H,3-7,18,20H2,1-2H3,(H,36,40,43)/t24?,27-,31?,32?,34-/m0/s1. The second kappa shape index (κ2) is 13.1. The highest BCUT2D eigenvalue weighted by Crippen LogP contribution is 2.40. The fraction of sp³-hybridized carbons (Fsp3) is 0.400. The van der Waals surface area contributed by atoms with E-state index in [1.807, 2.05) is 19.1 Å². The van der Waals surface area contributed by atoms with E-state index in [1.165, 1.54) is 16.6 Å². The van der Waals surface area contributed by atoms with Crippen molar-refractivity contribution < 1.29 is 24.6 Å². The van der Waals surface area contributed by atoms with Crippen LogP contribution in [0.1, 0.15) is 63.7 Å². The summed E-state index contributed by atoms with van der Waals surface area (Å²) in [5.41, 5.74) is -0.453. The van der Waals surface area contributed by atoms with Crippen molar-refractivity contribution in [2.45, 2.75) is 76.4 Å². The highest BCUT2D eigenvalue weighted by atomic mass is 16.7. The van der Waals surface area contributed by atoms with Crippen LogP contribution in [0.4, 0.5) is 0 Å². The van der Waals surface area contributed by atoms with E-state index in [1.54, 1.807) is 0 Å². The van der Waals surface area contributed by atoms with Gasteiger partial charge in [-0.2, -0.15) is 0 Å². The van der Waals surface area contributed by atoms with Crippen molar-refractivity contribution in [3.8, 4) is 0 Å². The Balaban J connectivity index is 1.38. The molecule has 10 heteroatoms. The molecular formula is C35H39N3O7. The van der Waals surface area contributed by atoms with Gasteiger partial charge in [-0.15, -0.1) is 0 Å². The number of aliphatic hydroxyl groups is 2. The molecule has 0 saturated carbocycles. The molecule has 2 heterocycles. The van der Waals surface area contributed by atoms with Crippen LogP contribution in [0.25, 0.3) is 32.3 Å². The number of aromatic nitrogens is 2. The van der Waals surface area contributed by atoms with Crippen molar-refractivity contribution in [3.05, 3.63) is 93.3 Å². The van der Waals surface area contributed by atoms with Crippen LogP contribution in [0.5, 0.6) is 0 Å². The van der Waals surface area contributed by atoms with E-state index in [2.05, 4.69) is 54.4 Å². The third-order valence-corrected chi connectivity index (χ3v) is 8.97. The van der Waals surface area contributed by atoms with Crippen molar-refractivity contribution in [2.75, 3.05) is 13.2 Å². The number of hydrogen-bond donors (Lipinski definition) is 3. The zero-order chi connectivity index (χ0) is 31.7. The number of ether oxygens (including phenoxy) is 1. The SMILES string of the molecule is CCCCCCN(OC1C(O)[C@H](CO)O[C@@H]1n1ccc(=O)[nH]c1=O)C(=O)C(CC)c1ccc2ccc3cccc4ccc1c2c34. The van der Waals surface area contributed by atoms with Crippen molar-refractivity contribution in [2.24, 2.45) is 0 Å². The van der Waals surface area contributed by atoms with Crippen LogP contribution in [-0.4, -0.2) is 62.2 Å². The van der Waals surface area contributed by atoms with E-state index < -0.39 is 48.3 Å². The minimum Gasteiger partial charge on any atom is -0.394 e. The first-order valence-corrected chi connectivity index (χ1v) is 15.8. The smallest absolute Gasteiger partial charge is 0.330 e. The molecule has 3 N–H and O–H groups in total. The van der Waals surface area contributed by atoms with Gasteiger partial charge in [0.15, 0.2) is 12.3 Å². The lowest BCUT2D eigenvalue weighted by Crippen LogP contribution is -2.46. The third kappa shape index (κ3) is 5.75. The molecule has 1 fully saturated rings. The number of aromatic amines is 1. The normalized spacial score (nSPS) is 20.8. The number of hydroxylamine groups is 2. The molecule has 1 aromatic heterocycles. The maximum absolute atomic E-state index is 14.5. The van der Waals surface area contributed by atoms with Gasteiger partial charge in [-0.25, -0.2) is 9.86 Å². The second-order valence-corrected chi connectivity index (χ2v) is 11.8. The summed E-state index contributed by atoms with van der Waals surface area (Å²) in [6.45, 7) is 3.81. The van der Waals surface area contributed by atoms with Crippen LogP contribution >= 0.6 is 0 Å². The monoisotopic (exact) mass is 613 g/mol. The molecule has 236 valence electrons. The zero-order valence-electron chi connectivity index (χ0n) is 25.5. The van der Waals surface area contributed by atoms with Crippen LogP contribution in [-0.2, 0) is 14.4 Å². The quantitative estimate of drug-likeness (QED) is 0.107. The van der Waals surface area contributed by atoms with Gasteiger partial charge >= 0.3 is 5.69 Å². The molecule has 1 aliphatic heterocycles. The van der Waals surface area contributed by atoms with Crippen LogP contribution in [0.2, 0.25) is 0 Å². The van der Waals surface area contributed by atoms with Crippen LogP contribution in [0, 0.1) is 0 Å². The Hall–Kier alpha value is -4.09. The molecule has 3 unspecified atom stereocenters. The minimum atomic E-state index is -1.35. The number of unbranched alkanes of at least 4 members (excludes halogenated alkanes) is 3. The Bertz CT molecular complexity index is 1900. The van der Waals surface area contributed by atoms with Crippen LogP contribution in [0.15, 0.2) is 76.4 Å². The Morgan fingerprint density at radius 2 is 1.69 bits per heavy atom. The molecule has 5 aromatic rings. The Kier molecular flexibility index (Phi) is 9.00. The summed E-state index contributed by atoms with van der Waals surface area (Å²) < 4.78 is 6.94. The van der Waals surface area contributed by atoms with E-state index >= 15 is 0 Å². The Morgan fingerprint density at radius 1 is 0.978 bits per heavy atom. The van der Waals surface area contributed by atoms with Crippen LogP contribution in [0.3, 0.4) is 0 Å². The highest BCUT2D eigenvalue weighted by Gasteiger charge is 2.48. The topological polar surface area (TPSA) is 134 Å². The number of nitrogens with zero attached hydrogens (tertiary/aromatic N) is 2. The van der Waals surface area contributed by atoms with Gasteiger partial charge < -0.3 is 14.9 Å². The number of amides is 1. The predicted octanol–water partition coefficient (Wildman–Crippen LogP) is 4.59. The molecule has 45 heavy (non-hydrogen) atoms. The number of carbonyl (C=O) groups excluding carboxylic acids is 1. The first-order valence-electron chi connectivity index (χ1n) is 15.8. The summed E-state index contributed by atoms with van der Waals surface area (Å²) in [6, 6.07) is 19.9. The summed E-state index contributed by atoms with van der Waals surface area (Å²) >= 11 is 0. The summed E-state index contributed by atoms with van der Waals surface area (Å²) in [4.78, 5) is 47.4. The lowest BCUT2D eigenvalue weighted by atomic mass is 9.86. The number of benzene rings is 4. The number of hydrogen-bond acceptors (Lipinski definition) is 7. The molecule has 1 aliphatic rings. The summed E-state index contributed by atoms with van der Waals surface area (Å²) in [5.74, 6) is -0.820. The zero-order valence-corrected chi connectivity index (χ0v) is 25.5. The van der Waals surface area contributed by atoms with Gasteiger partial charge in [-0.05, 0) is 50.7 Å². The minimum absolute atomic E-state index is 0.265. The Morgan fingerprint density at radius 3 is 2.38 bits per heavy atom. The van der Waals surface area contributed by atoms with Gasteiger partial charge in [0.05, 0.1) is 12.5 Å². The van der Waals surface area contributed by atoms with Gasteiger partial charge in [0, 0.05) is 18.8 Å². The van der Waals surface area contributed by atoms with Gasteiger partial charge in [-0.1, -0.05) is 87.7 Å². The van der Waals surface area contributed by atoms with Crippen molar-refractivity contribution in [1.29, 1.82) is 0 Å². The van der Waals surface area contributed by atoms with E-state index in [-0.39, 0.29) is 12.5 Å². The van der Waals surface area contributed by atoms with Gasteiger partial charge in [0.25, 0.3) is 11.5 Å². The molecular weight excluding hydrogens is 574 g/mol. The van der Waals surface area contributed by atoms with Crippen molar-refractivity contribution in [1.82, 2.24) is 14.6 Å². The molecule has 0 bridgehead atoms. The maximum atomic E-state index is 14.5. The number of nitrogens with one attached hydrogen (secondary N) is 1. The van der Waals surface area contributed by atoms with E-state index in [9.17, 15) is 24.6 Å². The number of aliphatic hydroxyl groups excluding tert-OH is 2. The summed E-state index contributed by atoms with van der Waals surface area (Å²) in [7, 11) is 0. The second-order valence-electron chi connectivity index (χ2n) is 11.8. The molecule has 10 nitrogen and oxygen atoms in total. The molecule has 1 saturated heterocycles. The lowest BCUT2D eigenvalue weighted by molar-refractivity contribution is -0.232. The fourth-order valence-electron chi connectivity index (χ4n) is 6.64. The van der Waals surface area contributed by atoms with E-state index in [4.69, 9.17) is 9.57 Å². The maximum Gasteiger partial charge on any atom is 0.330 e. The molecule has 0 radical (unpaired) electrons. The average Bonchev–Trinajstić information content (AvgIpc) is 3.36. The fourth-order valence-corrected chi connectivity index (χ4v) is 6.64. The first kappa shape index (κ1) is 30.9. The van der Waals surface area contributed by atoms with Gasteiger partial charge in [0.1, 0.15) is 12.2 Å². The average molecular weight is 614 g/mol. The summed E-state index contributed by atoms with van der Waals surface area (Å²) in [6.07, 6.45) is 0.503. The largest absolute Gasteiger partial charge is 0.394 e. The lowest BCUT2D eigenvalue weighted by Gasteiger charge is -2.32. The number of carbonyl (C=O) groups is 1. The molecule has 6 rings (SSSR count). The van der Waals surface area contributed by atoms with Crippen LogP contribution < -0.4 is 11.2 Å². The molecule has 1 amide bonds. The van der Waals surface area contributed by atoms with Crippen molar-refractivity contribution in [3.63, 3.8) is 0 Å². The first-order chi connectivity index (χ1) is 21.9. The third-order valence-electron chi connectivity index (χ3n) is 8.97. The molecule has 0 spiro atoms. The predicted molar refractivity (Wildman–Crippen MR) is 172 cm³/mol. The van der Waals surface area contributed by atoms with Gasteiger partial charge in [0.2, 0.25) is 0 Å². The van der Waals surface area contributed by atoms with E-state index in [0.717, 1.165) is 62.4 Å². The highest BCUT2D eigenvalue weighted by molar-refractivity contribution is 6.23. The Labute approximate surface area is 260 Å². The van der Waals surface area contributed by atoms with Crippen molar-refractivity contribution >= 4 is 38.2 Å². The van der Waals surface area contributed by atoms with E-state index in [0.29, 0.717) is 12.8 Å². The van der Waals surface area contributed by atoms with Gasteiger partial charge in [-0.3, -0.25) is 24.0 Å². The molecule has 0 aliphatic carbocycles. The molecule has 5 atom stereocenters. The number of rotatable bonds is 12.